The minimum Gasteiger partial charge on any atom is -0.347 e. The van der Waals surface area contributed by atoms with E-state index >= 15 is 0 Å². The number of alkyl halides is 2. The molecule has 1 amide bonds. The molecular weight excluding hydrogens is 226 g/mol. The molecule has 0 radical (unpaired) electrons. The number of piperidine rings is 1. The van der Waals surface area contributed by atoms with Crippen molar-refractivity contribution in [3.63, 3.8) is 0 Å². The fourth-order valence-corrected chi connectivity index (χ4v) is 2.51. The largest absolute Gasteiger partial charge is 0.347 e. The molecule has 1 atom stereocenters. The van der Waals surface area contributed by atoms with Crippen LogP contribution in [0, 0.1) is 0 Å². The van der Waals surface area contributed by atoms with Gasteiger partial charge in [0.05, 0.1) is 12.6 Å². The molecule has 1 aliphatic heterocycles. The SMILES string of the molecule is CCC(CC)N1CCC(NC(C)=O)C(F)(F)C1. The van der Waals surface area contributed by atoms with Crippen LogP contribution < -0.4 is 5.32 Å². The molecule has 1 N–H and O–H groups in total. The van der Waals surface area contributed by atoms with Crippen LogP contribution in [-0.2, 0) is 4.79 Å². The van der Waals surface area contributed by atoms with E-state index in [9.17, 15) is 13.6 Å². The number of rotatable bonds is 4. The number of halogens is 2. The molecular formula is C12H22F2N2O. The van der Waals surface area contributed by atoms with E-state index in [0.29, 0.717) is 13.0 Å². The van der Waals surface area contributed by atoms with Gasteiger partial charge in [-0.1, -0.05) is 13.8 Å². The lowest BCUT2D eigenvalue weighted by Gasteiger charge is -2.41. The number of nitrogens with one attached hydrogen (secondary N) is 1. The molecule has 100 valence electrons. The number of amides is 1. The van der Waals surface area contributed by atoms with Crippen LogP contribution in [-0.4, -0.2) is 41.9 Å². The molecule has 1 saturated heterocycles. The van der Waals surface area contributed by atoms with E-state index in [0.717, 1.165) is 12.8 Å². The lowest BCUT2D eigenvalue weighted by molar-refractivity contribution is -0.130. The summed E-state index contributed by atoms with van der Waals surface area (Å²) in [6.45, 7) is 5.71. The van der Waals surface area contributed by atoms with E-state index in [-0.39, 0.29) is 18.5 Å². The molecule has 0 aromatic carbocycles. The van der Waals surface area contributed by atoms with E-state index in [1.807, 2.05) is 18.7 Å². The van der Waals surface area contributed by atoms with Crippen LogP contribution in [0.25, 0.3) is 0 Å². The number of hydrogen-bond donors (Lipinski definition) is 1. The Labute approximate surface area is 102 Å². The van der Waals surface area contributed by atoms with Crippen molar-refractivity contribution in [3.05, 3.63) is 0 Å². The zero-order valence-corrected chi connectivity index (χ0v) is 10.8. The molecule has 1 unspecified atom stereocenters. The summed E-state index contributed by atoms with van der Waals surface area (Å²) >= 11 is 0. The summed E-state index contributed by atoms with van der Waals surface area (Å²) in [7, 11) is 0. The van der Waals surface area contributed by atoms with Crippen LogP contribution in [0.5, 0.6) is 0 Å². The Bertz CT molecular complexity index is 267. The van der Waals surface area contributed by atoms with Gasteiger partial charge in [0, 0.05) is 19.5 Å². The second kappa shape index (κ2) is 5.76. The quantitative estimate of drug-likeness (QED) is 0.825. The molecule has 1 fully saturated rings. The molecule has 0 aromatic rings. The Balaban J connectivity index is 2.64. The monoisotopic (exact) mass is 248 g/mol. The Morgan fingerprint density at radius 3 is 2.47 bits per heavy atom. The summed E-state index contributed by atoms with van der Waals surface area (Å²) in [5.74, 6) is -3.21. The predicted octanol–water partition coefficient (Wildman–Crippen LogP) is 2.02. The second-order valence-corrected chi connectivity index (χ2v) is 4.74. The third-order valence-corrected chi connectivity index (χ3v) is 3.47. The topological polar surface area (TPSA) is 32.3 Å². The molecule has 1 heterocycles. The Kier molecular flexibility index (Phi) is 4.86. The van der Waals surface area contributed by atoms with Crippen molar-refractivity contribution in [2.75, 3.05) is 13.1 Å². The number of carbonyl (C=O) groups is 1. The molecule has 0 aromatic heterocycles. The zero-order chi connectivity index (χ0) is 13.1. The van der Waals surface area contributed by atoms with E-state index < -0.39 is 12.0 Å². The van der Waals surface area contributed by atoms with Crippen LogP contribution in [0.2, 0.25) is 0 Å². The lowest BCUT2D eigenvalue weighted by Crippen LogP contribution is -2.59. The van der Waals surface area contributed by atoms with Gasteiger partial charge < -0.3 is 5.32 Å². The Morgan fingerprint density at radius 1 is 1.47 bits per heavy atom. The normalized spacial score (nSPS) is 24.9. The number of nitrogens with zero attached hydrogens (tertiary/aromatic N) is 1. The number of hydrogen-bond acceptors (Lipinski definition) is 2. The maximum atomic E-state index is 13.9. The van der Waals surface area contributed by atoms with Crippen molar-refractivity contribution in [2.24, 2.45) is 0 Å². The third kappa shape index (κ3) is 3.63. The van der Waals surface area contributed by atoms with Gasteiger partial charge >= 0.3 is 0 Å². The minimum absolute atomic E-state index is 0.221. The van der Waals surface area contributed by atoms with Gasteiger partial charge in [0.1, 0.15) is 0 Å². The smallest absolute Gasteiger partial charge is 0.280 e. The van der Waals surface area contributed by atoms with Crippen molar-refractivity contribution in [2.45, 2.75) is 58.0 Å². The summed E-state index contributed by atoms with van der Waals surface area (Å²) in [5, 5.41) is 2.35. The van der Waals surface area contributed by atoms with Gasteiger partial charge in [0.2, 0.25) is 5.91 Å². The summed E-state index contributed by atoms with van der Waals surface area (Å²) in [6.07, 6.45) is 2.10. The molecule has 1 rings (SSSR count). The molecule has 0 aliphatic carbocycles. The molecule has 0 bridgehead atoms. The highest BCUT2D eigenvalue weighted by atomic mass is 19.3. The first-order valence-electron chi connectivity index (χ1n) is 6.29. The first kappa shape index (κ1) is 14.4. The molecule has 17 heavy (non-hydrogen) atoms. The van der Waals surface area contributed by atoms with Gasteiger partial charge in [0.25, 0.3) is 5.92 Å². The first-order valence-corrected chi connectivity index (χ1v) is 6.29. The second-order valence-electron chi connectivity index (χ2n) is 4.74. The Morgan fingerprint density at radius 2 is 2.06 bits per heavy atom. The van der Waals surface area contributed by atoms with Crippen LogP contribution in [0.15, 0.2) is 0 Å². The number of carbonyl (C=O) groups excluding carboxylic acids is 1. The van der Waals surface area contributed by atoms with Gasteiger partial charge in [-0.25, -0.2) is 8.78 Å². The lowest BCUT2D eigenvalue weighted by atomic mass is 9.97. The average molecular weight is 248 g/mol. The summed E-state index contributed by atoms with van der Waals surface area (Å²) in [5.41, 5.74) is 0. The van der Waals surface area contributed by atoms with Crippen molar-refractivity contribution >= 4 is 5.91 Å². The maximum absolute atomic E-state index is 13.9. The molecule has 3 nitrogen and oxygen atoms in total. The third-order valence-electron chi connectivity index (χ3n) is 3.47. The highest BCUT2D eigenvalue weighted by molar-refractivity contribution is 5.73. The van der Waals surface area contributed by atoms with Crippen molar-refractivity contribution in [3.8, 4) is 0 Å². The van der Waals surface area contributed by atoms with Gasteiger partial charge in [-0.3, -0.25) is 9.69 Å². The zero-order valence-electron chi connectivity index (χ0n) is 10.8. The summed E-state index contributed by atoms with van der Waals surface area (Å²) in [6, 6.07) is -0.787. The van der Waals surface area contributed by atoms with Crippen molar-refractivity contribution < 1.29 is 13.6 Å². The number of likely N-dealkylation sites (tertiary alicyclic amines) is 1. The van der Waals surface area contributed by atoms with Gasteiger partial charge in [0.15, 0.2) is 0 Å². The molecule has 5 heteroatoms. The first-order chi connectivity index (χ1) is 7.90. The van der Waals surface area contributed by atoms with Crippen LogP contribution in [0.4, 0.5) is 8.78 Å². The highest BCUT2D eigenvalue weighted by Crippen LogP contribution is 2.29. The van der Waals surface area contributed by atoms with Crippen molar-refractivity contribution in [1.29, 1.82) is 0 Å². The fraction of sp³-hybridized carbons (Fsp3) is 0.917. The van der Waals surface area contributed by atoms with Gasteiger partial charge in [-0.2, -0.15) is 0 Å². The van der Waals surface area contributed by atoms with Crippen molar-refractivity contribution in [1.82, 2.24) is 10.2 Å². The van der Waals surface area contributed by atoms with Crippen LogP contribution in [0.3, 0.4) is 0 Å². The van der Waals surface area contributed by atoms with Crippen LogP contribution >= 0.6 is 0 Å². The fourth-order valence-electron chi connectivity index (χ4n) is 2.51. The highest BCUT2D eigenvalue weighted by Gasteiger charge is 2.45. The average Bonchev–Trinajstić information content (AvgIpc) is 2.22. The maximum Gasteiger partial charge on any atom is 0.280 e. The summed E-state index contributed by atoms with van der Waals surface area (Å²) < 4.78 is 27.7. The van der Waals surface area contributed by atoms with E-state index in [1.165, 1.54) is 6.92 Å². The van der Waals surface area contributed by atoms with Gasteiger partial charge in [-0.15, -0.1) is 0 Å². The standard InChI is InChI=1S/C12H22F2N2O/c1-4-10(5-2)16-7-6-11(15-9(3)17)12(13,14)8-16/h10-11H,4-8H2,1-3H3,(H,15,17). The van der Waals surface area contributed by atoms with Crippen LogP contribution in [0.1, 0.15) is 40.0 Å². The van der Waals surface area contributed by atoms with Gasteiger partial charge in [-0.05, 0) is 19.3 Å². The molecule has 0 saturated carbocycles. The summed E-state index contributed by atoms with van der Waals surface area (Å²) in [4.78, 5) is 12.7. The minimum atomic E-state index is -2.83. The Hall–Kier alpha value is -0.710. The molecule has 1 aliphatic rings. The predicted molar refractivity (Wildman–Crippen MR) is 63.1 cm³/mol. The van der Waals surface area contributed by atoms with E-state index in [1.54, 1.807) is 0 Å². The van der Waals surface area contributed by atoms with E-state index in [4.69, 9.17) is 0 Å². The molecule has 0 spiro atoms. The van der Waals surface area contributed by atoms with E-state index in [2.05, 4.69) is 5.32 Å².